The van der Waals surface area contributed by atoms with Crippen molar-refractivity contribution in [2.75, 3.05) is 6.54 Å². The predicted octanol–water partition coefficient (Wildman–Crippen LogP) is 1.04. The van der Waals surface area contributed by atoms with Crippen LogP contribution in [0.1, 0.15) is 34.1 Å². The topological polar surface area (TPSA) is 83.9 Å². The van der Waals surface area contributed by atoms with Crippen molar-refractivity contribution in [1.29, 1.82) is 0 Å². The van der Waals surface area contributed by atoms with Gasteiger partial charge in [-0.05, 0) is 27.7 Å². The Hall–Kier alpha value is -1.59. The molecule has 0 saturated carbocycles. The van der Waals surface area contributed by atoms with E-state index in [1.807, 2.05) is 0 Å². The predicted molar refractivity (Wildman–Crippen MR) is 58.6 cm³/mol. The number of ketones is 1. The smallest absolute Gasteiger partial charge is 0.408 e. The van der Waals surface area contributed by atoms with Gasteiger partial charge in [0.2, 0.25) is 0 Å². The van der Waals surface area contributed by atoms with Crippen LogP contribution in [-0.4, -0.2) is 45.5 Å². The minimum Gasteiger partial charge on any atom is -0.465 e. The lowest BCUT2D eigenvalue weighted by Gasteiger charge is -2.32. The van der Waals surface area contributed by atoms with E-state index in [2.05, 4.69) is 0 Å². The number of carboxylic acid groups (broad SMARTS) is 1. The van der Waals surface area contributed by atoms with Crippen LogP contribution in [0.2, 0.25) is 0 Å². The van der Waals surface area contributed by atoms with Crippen LogP contribution in [0.3, 0.4) is 0 Å². The number of amides is 1. The number of esters is 1. The average Bonchev–Trinajstić information content (AvgIpc) is 2.40. The van der Waals surface area contributed by atoms with Crippen molar-refractivity contribution >= 4 is 17.8 Å². The lowest BCUT2D eigenvalue weighted by molar-refractivity contribution is -0.166. The van der Waals surface area contributed by atoms with Crippen molar-refractivity contribution in [3.05, 3.63) is 0 Å². The van der Waals surface area contributed by atoms with Gasteiger partial charge in [0.1, 0.15) is 11.1 Å². The number of Topliss-reactive ketones (excluding diaryl/α,β-unsaturated/α-hetero) is 1. The molecule has 17 heavy (non-hydrogen) atoms. The van der Waals surface area contributed by atoms with Gasteiger partial charge < -0.3 is 9.84 Å². The van der Waals surface area contributed by atoms with Crippen LogP contribution >= 0.6 is 0 Å². The molecule has 1 fully saturated rings. The fourth-order valence-corrected chi connectivity index (χ4v) is 1.74. The molecule has 1 saturated heterocycles. The van der Waals surface area contributed by atoms with Gasteiger partial charge in [0.05, 0.1) is 6.54 Å². The first kappa shape index (κ1) is 13.5. The zero-order chi connectivity index (χ0) is 13.4. The maximum absolute atomic E-state index is 12.0. The van der Waals surface area contributed by atoms with E-state index in [0.29, 0.717) is 0 Å². The number of ether oxygens (including phenoxy) is 1. The Kier molecular flexibility index (Phi) is 3.18. The Morgan fingerprint density at radius 2 is 1.94 bits per heavy atom. The molecule has 1 amide bonds. The molecule has 0 aromatic carbocycles. The van der Waals surface area contributed by atoms with Gasteiger partial charge in [-0.2, -0.15) is 0 Å². The monoisotopic (exact) mass is 243 g/mol. The number of hydrogen-bond donors (Lipinski definition) is 1. The van der Waals surface area contributed by atoms with E-state index in [4.69, 9.17) is 9.84 Å². The Morgan fingerprint density at radius 3 is 2.35 bits per heavy atom. The van der Waals surface area contributed by atoms with E-state index in [9.17, 15) is 14.4 Å². The third-order valence-corrected chi connectivity index (χ3v) is 2.54. The molecule has 0 bridgehead atoms. The highest BCUT2D eigenvalue weighted by Gasteiger charge is 2.51. The molecule has 1 N–H and O–H groups in total. The molecule has 6 nitrogen and oxygen atoms in total. The molecule has 6 heteroatoms. The zero-order valence-corrected chi connectivity index (χ0v) is 10.4. The SMILES string of the molecule is CC(C)(C)OC(=O)C1(C)CC(=O)CN1C(=O)O. The van der Waals surface area contributed by atoms with Gasteiger partial charge in [-0.15, -0.1) is 0 Å². The molecule has 96 valence electrons. The average molecular weight is 243 g/mol. The van der Waals surface area contributed by atoms with Gasteiger partial charge in [0, 0.05) is 6.42 Å². The summed E-state index contributed by atoms with van der Waals surface area (Å²) in [4.78, 5) is 35.1. The van der Waals surface area contributed by atoms with E-state index < -0.39 is 23.2 Å². The lowest BCUT2D eigenvalue weighted by Crippen LogP contribution is -2.52. The number of likely N-dealkylation sites (tertiary alicyclic amines) is 1. The standard InChI is InChI=1S/C11H17NO5/c1-10(2,3)17-8(14)11(4)5-7(13)6-12(11)9(15)16/h5-6H2,1-4H3,(H,15,16). The van der Waals surface area contributed by atoms with Crippen LogP contribution < -0.4 is 0 Å². The summed E-state index contributed by atoms with van der Waals surface area (Å²) >= 11 is 0. The summed E-state index contributed by atoms with van der Waals surface area (Å²) in [5.41, 5.74) is -2.12. The Morgan fingerprint density at radius 1 is 1.41 bits per heavy atom. The second kappa shape index (κ2) is 4.01. The fourth-order valence-electron chi connectivity index (χ4n) is 1.74. The summed E-state index contributed by atoms with van der Waals surface area (Å²) in [6.45, 7) is 6.23. The summed E-state index contributed by atoms with van der Waals surface area (Å²) in [5.74, 6) is -0.959. The van der Waals surface area contributed by atoms with Crippen molar-refractivity contribution in [2.24, 2.45) is 0 Å². The van der Waals surface area contributed by atoms with Crippen LogP contribution in [0.5, 0.6) is 0 Å². The van der Waals surface area contributed by atoms with Crippen molar-refractivity contribution in [2.45, 2.75) is 45.3 Å². The van der Waals surface area contributed by atoms with Crippen molar-refractivity contribution in [3.8, 4) is 0 Å². The highest BCUT2D eigenvalue weighted by atomic mass is 16.6. The van der Waals surface area contributed by atoms with Crippen molar-refractivity contribution < 1.29 is 24.2 Å². The molecule has 1 rings (SSSR count). The number of hydrogen-bond acceptors (Lipinski definition) is 4. The molecular weight excluding hydrogens is 226 g/mol. The summed E-state index contributed by atoms with van der Waals surface area (Å²) in [7, 11) is 0. The lowest BCUT2D eigenvalue weighted by atomic mass is 9.98. The van der Waals surface area contributed by atoms with Gasteiger partial charge in [0.25, 0.3) is 0 Å². The molecule has 0 aromatic heterocycles. The molecule has 1 unspecified atom stereocenters. The molecule has 0 aromatic rings. The first-order valence-corrected chi connectivity index (χ1v) is 5.32. The van der Waals surface area contributed by atoms with Gasteiger partial charge in [-0.25, -0.2) is 9.59 Å². The summed E-state index contributed by atoms with van der Waals surface area (Å²) in [5, 5.41) is 8.98. The minimum absolute atomic E-state index is 0.131. The Bertz CT molecular complexity index is 371. The number of nitrogens with zero attached hydrogens (tertiary/aromatic N) is 1. The highest BCUT2D eigenvalue weighted by Crippen LogP contribution is 2.29. The van der Waals surface area contributed by atoms with E-state index in [0.717, 1.165) is 4.90 Å². The number of rotatable bonds is 1. The molecule has 1 aliphatic heterocycles. The van der Waals surface area contributed by atoms with E-state index >= 15 is 0 Å². The quantitative estimate of drug-likeness (QED) is 0.695. The van der Waals surface area contributed by atoms with Gasteiger partial charge >= 0.3 is 12.1 Å². The normalized spacial score (nSPS) is 24.9. The van der Waals surface area contributed by atoms with Crippen LogP contribution in [0.25, 0.3) is 0 Å². The second-order valence-corrected chi connectivity index (χ2v) is 5.36. The number of carbonyl (C=O) groups excluding carboxylic acids is 2. The van der Waals surface area contributed by atoms with Gasteiger partial charge in [0.15, 0.2) is 5.78 Å². The molecule has 1 heterocycles. The third-order valence-electron chi connectivity index (χ3n) is 2.54. The van der Waals surface area contributed by atoms with Crippen LogP contribution in [0.15, 0.2) is 0 Å². The van der Waals surface area contributed by atoms with Crippen LogP contribution in [0.4, 0.5) is 4.79 Å². The zero-order valence-electron chi connectivity index (χ0n) is 10.4. The fraction of sp³-hybridized carbons (Fsp3) is 0.727. The van der Waals surface area contributed by atoms with Gasteiger partial charge in [-0.1, -0.05) is 0 Å². The van der Waals surface area contributed by atoms with E-state index in [-0.39, 0.29) is 18.7 Å². The maximum Gasteiger partial charge on any atom is 0.408 e. The molecule has 0 spiro atoms. The first-order chi connectivity index (χ1) is 7.56. The second-order valence-electron chi connectivity index (χ2n) is 5.36. The highest BCUT2D eigenvalue weighted by molar-refractivity contribution is 5.98. The van der Waals surface area contributed by atoms with E-state index in [1.165, 1.54) is 6.92 Å². The molecule has 1 aliphatic rings. The summed E-state index contributed by atoms with van der Waals surface area (Å²) in [6, 6.07) is 0. The minimum atomic E-state index is -1.41. The van der Waals surface area contributed by atoms with Gasteiger partial charge in [-0.3, -0.25) is 9.69 Å². The molecule has 0 aliphatic carbocycles. The number of carbonyl (C=O) groups is 3. The summed E-state index contributed by atoms with van der Waals surface area (Å²) in [6.07, 6.45) is -1.42. The Labute approximate surface area is 99.5 Å². The molecule has 1 atom stereocenters. The van der Waals surface area contributed by atoms with E-state index in [1.54, 1.807) is 20.8 Å². The first-order valence-electron chi connectivity index (χ1n) is 5.32. The van der Waals surface area contributed by atoms with Crippen LogP contribution in [-0.2, 0) is 14.3 Å². The molecule has 0 radical (unpaired) electrons. The Balaban J connectivity index is 2.96. The molecular formula is C11H17NO5. The van der Waals surface area contributed by atoms with Crippen molar-refractivity contribution in [3.63, 3.8) is 0 Å². The third kappa shape index (κ3) is 2.75. The van der Waals surface area contributed by atoms with Crippen LogP contribution in [0, 0.1) is 0 Å². The van der Waals surface area contributed by atoms with Crippen molar-refractivity contribution in [1.82, 2.24) is 4.90 Å². The maximum atomic E-state index is 12.0. The largest absolute Gasteiger partial charge is 0.465 e. The summed E-state index contributed by atoms with van der Waals surface area (Å²) < 4.78 is 5.16.